The zero-order valence-corrected chi connectivity index (χ0v) is 9.89. The van der Waals surface area contributed by atoms with Gasteiger partial charge in [0.2, 0.25) is 12.7 Å². The highest BCUT2D eigenvalue weighted by Gasteiger charge is 2.43. The Morgan fingerprint density at radius 2 is 2.22 bits per heavy atom. The number of nitrogens with one attached hydrogen (secondary N) is 1. The molecule has 1 N–H and O–H groups in total. The molecular weight excluding hydrogens is 232 g/mol. The van der Waals surface area contributed by atoms with E-state index >= 15 is 0 Å². The van der Waals surface area contributed by atoms with Crippen LogP contribution in [0.2, 0.25) is 0 Å². The maximum atomic E-state index is 11.6. The molecule has 2 bridgehead atoms. The second-order valence-electron chi connectivity index (χ2n) is 5.07. The number of hydrogen-bond donors (Lipinski definition) is 1. The number of piperazine rings is 1. The second kappa shape index (κ2) is 3.62. The highest BCUT2D eigenvalue weighted by Crippen LogP contribution is 2.34. The van der Waals surface area contributed by atoms with Crippen LogP contribution in [0.25, 0.3) is 0 Å². The van der Waals surface area contributed by atoms with E-state index in [1.54, 1.807) is 0 Å². The van der Waals surface area contributed by atoms with Gasteiger partial charge in [0.05, 0.1) is 6.04 Å². The maximum absolute atomic E-state index is 11.6. The summed E-state index contributed by atoms with van der Waals surface area (Å²) in [7, 11) is 0. The normalized spacial score (nSPS) is 28.8. The van der Waals surface area contributed by atoms with Crippen molar-refractivity contribution in [3.63, 3.8) is 0 Å². The highest BCUT2D eigenvalue weighted by molar-refractivity contribution is 5.85. The molecule has 0 aromatic heterocycles. The summed E-state index contributed by atoms with van der Waals surface area (Å²) >= 11 is 0. The Hall–Kier alpha value is -1.75. The molecule has 2 atom stereocenters. The van der Waals surface area contributed by atoms with E-state index in [9.17, 15) is 4.79 Å². The number of fused-ring (bicyclic) bond motifs is 3. The van der Waals surface area contributed by atoms with Gasteiger partial charge in [0.15, 0.2) is 11.5 Å². The Morgan fingerprint density at radius 1 is 1.33 bits per heavy atom. The smallest absolute Gasteiger partial charge is 0.237 e. The van der Waals surface area contributed by atoms with Gasteiger partial charge in [0.1, 0.15) is 0 Å². The largest absolute Gasteiger partial charge is 0.454 e. The van der Waals surface area contributed by atoms with Crippen LogP contribution in [0.3, 0.4) is 0 Å². The molecule has 1 aromatic carbocycles. The van der Waals surface area contributed by atoms with Crippen molar-refractivity contribution in [3.8, 4) is 11.5 Å². The third-order valence-corrected chi connectivity index (χ3v) is 3.88. The number of ether oxygens (including phenoxy) is 2. The van der Waals surface area contributed by atoms with Crippen LogP contribution >= 0.6 is 0 Å². The average molecular weight is 246 g/mol. The van der Waals surface area contributed by atoms with Crippen LogP contribution in [0.4, 0.5) is 0 Å². The molecule has 1 amide bonds. The molecule has 3 heterocycles. The minimum absolute atomic E-state index is 0.0559. The lowest BCUT2D eigenvalue weighted by Gasteiger charge is -2.26. The van der Waals surface area contributed by atoms with Crippen molar-refractivity contribution in [3.05, 3.63) is 23.8 Å². The highest BCUT2D eigenvalue weighted by atomic mass is 16.7. The average Bonchev–Trinajstić information content (AvgIpc) is 3.02. The van der Waals surface area contributed by atoms with Gasteiger partial charge in [-0.2, -0.15) is 0 Å². The molecule has 5 heteroatoms. The Labute approximate surface area is 105 Å². The van der Waals surface area contributed by atoms with E-state index in [2.05, 4.69) is 10.2 Å². The van der Waals surface area contributed by atoms with Crippen LogP contribution in [-0.4, -0.2) is 36.2 Å². The predicted octanol–water partition coefficient (Wildman–Crippen LogP) is 0.488. The first-order chi connectivity index (χ1) is 8.79. The van der Waals surface area contributed by atoms with Crippen molar-refractivity contribution >= 4 is 5.91 Å². The Bertz CT molecular complexity index is 517. The van der Waals surface area contributed by atoms with Crippen LogP contribution in [-0.2, 0) is 11.3 Å². The Balaban J connectivity index is 1.54. The van der Waals surface area contributed by atoms with Crippen molar-refractivity contribution < 1.29 is 14.3 Å². The molecule has 2 saturated heterocycles. The van der Waals surface area contributed by atoms with Gasteiger partial charge in [0.25, 0.3) is 0 Å². The van der Waals surface area contributed by atoms with Crippen molar-refractivity contribution in [2.45, 2.75) is 25.0 Å². The molecule has 0 unspecified atom stereocenters. The molecule has 0 spiro atoms. The molecule has 5 nitrogen and oxygen atoms in total. The molecule has 4 rings (SSSR count). The molecule has 1 aromatic rings. The first-order valence-corrected chi connectivity index (χ1v) is 6.22. The zero-order chi connectivity index (χ0) is 12.1. The molecule has 0 saturated carbocycles. The number of rotatable bonds is 2. The van der Waals surface area contributed by atoms with E-state index in [1.165, 1.54) is 5.56 Å². The van der Waals surface area contributed by atoms with E-state index in [-0.39, 0.29) is 11.9 Å². The molecule has 94 valence electrons. The van der Waals surface area contributed by atoms with Crippen LogP contribution in [0.15, 0.2) is 18.2 Å². The number of carbonyl (C=O) groups excluding carboxylic acids is 1. The third kappa shape index (κ3) is 1.47. The van der Waals surface area contributed by atoms with E-state index in [0.717, 1.165) is 31.0 Å². The van der Waals surface area contributed by atoms with E-state index in [4.69, 9.17) is 9.47 Å². The summed E-state index contributed by atoms with van der Waals surface area (Å²) in [6.07, 6.45) is 0.948. The van der Waals surface area contributed by atoms with Gasteiger partial charge in [-0.1, -0.05) is 6.07 Å². The zero-order valence-electron chi connectivity index (χ0n) is 9.89. The lowest BCUT2D eigenvalue weighted by atomic mass is 10.1. The topological polar surface area (TPSA) is 50.8 Å². The fraction of sp³-hybridized carbons (Fsp3) is 0.462. The maximum Gasteiger partial charge on any atom is 0.237 e. The summed E-state index contributed by atoms with van der Waals surface area (Å²) in [5.41, 5.74) is 1.17. The number of benzene rings is 1. The van der Waals surface area contributed by atoms with Gasteiger partial charge >= 0.3 is 0 Å². The fourth-order valence-corrected chi connectivity index (χ4v) is 3.03. The number of carbonyl (C=O) groups is 1. The summed E-state index contributed by atoms with van der Waals surface area (Å²) in [6.45, 7) is 2.05. The molecule has 2 fully saturated rings. The standard InChI is InChI=1S/C13H14N2O3/c16-13-10-4-9(14-13)6-15(10)5-8-1-2-11-12(3-8)18-7-17-11/h1-3,9-10H,4-7H2,(H,14,16)/t9-,10-/m0/s1. The summed E-state index contributed by atoms with van der Waals surface area (Å²) in [4.78, 5) is 13.9. The monoisotopic (exact) mass is 246 g/mol. The molecule has 0 aliphatic carbocycles. The number of hydrogen-bond acceptors (Lipinski definition) is 4. The number of likely N-dealkylation sites (tertiary alicyclic amines) is 1. The van der Waals surface area contributed by atoms with Crippen molar-refractivity contribution in [2.24, 2.45) is 0 Å². The fourth-order valence-electron chi connectivity index (χ4n) is 3.03. The molecular formula is C13H14N2O3. The minimum Gasteiger partial charge on any atom is -0.454 e. The van der Waals surface area contributed by atoms with Crippen molar-refractivity contribution in [1.82, 2.24) is 10.2 Å². The van der Waals surface area contributed by atoms with Gasteiger partial charge in [-0.15, -0.1) is 0 Å². The lowest BCUT2D eigenvalue weighted by molar-refractivity contribution is -0.125. The van der Waals surface area contributed by atoms with Gasteiger partial charge in [-0.05, 0) is 24.1 Å². The molecule has 3 aliphatic heterocycles. The minimum atomic E-state index is 0.0559. The Kier molecular flexibility index (Phi) is 2.05. The quantitative estimate of drug-likeness (QED) is 0.825. The van der Waals surface area contributed by atoms with Crippen molar-refractivity contribution in [1.29, 1.82) is 0 Å². The summed E-state index contributed by atoms with van der Waals surface area (Å²) in [5, 5.41) is 2.99. The van der Waals surface area contributed by atoms with Crippen LogP contribution < -0.4 is 14.8 Å². The van der Waals surface area contributed by atoms with E-state index in [0.29, 0.717) is 12.8 Å². The van der Waals surface area contributed by atoms with Gasteiger partial charge in [-0.25, -0.2) is 0 Å². The number of amides is 1. The first kappa shape index (κ1) is 10.2. The van der Waals surface area contributed by atoms with Crippen LogP contribution in [0.1, 0.15) is 12.0 Å². The molecule has 0 radical (unpaired) electrons. The third-order valence-electron chi connectivity index (χ3n) is 3.88. The summed E-state index contributed by atoms with van der Waals surface area (Å²) in [5.74, 6) is 1.78. The second-order valence-corrected chi connectivity index (χ2v) is 5.07. The molecule has 3 aliphatic rings. The first-order valence-electron chi connectivity index (χ1n) is 6.22. The van der Waals surface area contributed by atoms with Gasteiger partial charge < -0.3 is 14.8 Å². The molecule has 18 heavy (non-hydrogen) atoms. The number of nitrogens with zero attached hydrogens (tertiary/aromatic N) is 1. The Morgan fingerprint density at radius 3 is 3.06 bits per heavy atom. The predicted molar refractivity (Wildman–Crippen MR) is 63.3 cm³/mol. The van der Waals surface area contributed by atoms with Crippen LogP contribution in [0.5, 0.6) is 11.5 Å². The van der Waals surface area contributed by atoms with Gasteiger partial charge in [0, 0.05) is 19.1 Å². The van der Waals surface area contributed by atoms with Crippen molar-refractivity contribution in [2.75, 3.05) is 13.3 Å². The van der Waals surface area contributed by atoms with E-state index in [1.807, 2.05) is 18.2 Å². The van der Waals surface area contributed by atoms with Crippen LogP contribution in [0, 0.1) is 0 Å². The summed E-state index contributed by atoms with van der Waals surface area (Å²) in [6, 6.07) is 6.38. The lowest BCUT2D eigenvalue weighted by Crippen LogP contribution is -2.47. The SMILES string of the molecule is O=C1N[C@H]2C[C@@H]1N(Cc1ccc3c(c1)OCO3)C2. The van der Waals surface area contributed by atoms with E-state index < -0.39 is 0 Å². The summed E-state index contributed by atoms with van der Waals surface area (Å²) < 4.78 is 10.7. The van der Waals surface area contributed by atoms with Gasteiger partial charge in [-0.3, -0.25) is 9.69 Å².